The van der Waals surface area contributed by atoms with Crippen LogP contribution in [0.25, 0.3) is 16.4 Å². The molecular formula is C22H16ClF2N5O4S. The van der Waals surface area contributed by atoms with Crippen molar-refractivity contribution in [3.05, 3.63) is 80.4 Å². The lowest BCUT2D eigenvalue weighted by molar-refractivity contribution is 0.0588. The van der Waals surface area contributed by atoms with E-state index in [2.05, 4.69) is 24.1 Å². The molecule has 0 aliphatic rings. The molecule has 0 fully saturated rings. The zero-order valence-corrected chi connectivity index (χ0v) is 20.1. The monoisotopic (exact) mass is 519 g/mol. The number of halogens is 3. The van der Waals surface area contributed by atoms with E-state index < -0.39 is 23.2 Å². The van der Waals surface area contributed by atoms with Crippen LogP contribution in [0.1, 0.15) is 27.6 Å². The van der Waals surface area contributed by atoms with Crippen LogP contribution in [-0.4, -0.2) is 37.0 Å². The maximum absolute atomic E-state index is 13.9. The van der Waals surface area contributed by atoms with Crippen LogP contribution in [0.3, 0.4) is 0 Å². The highest BCUT2D eigenvalue weighted by Crippen LogP contribution is 2.28. The number of esters is 1. The quantitative estimate of drug-likeness (QED) is 0.351. The van der Waals surface area contributed by atoms with Gasteiger partial charge in [0.1, 0.15) is 34.6 Å². The summed E-state index contributed by atoms with van der Waals surface area (Å²) in [7, 11) is 1.23. The van der Waals surface area contributed by atoms with Gasteiger partial charge in [0.25, 0.3) is 11.4 Å². The molecule has 0 radical (unpaired) electrons. The summed E-state index contributed by atoms with van der Waals surface area (Å²) >= 11 is 7.25. The minimum atomic E-state index is -0.877. The summed E-state index contributed by atoms with van der Waals surface area (Å²) in [6, 6.07) is 3.83. The van der Waals surface area contributed by atoms with Gasteiger partial charge in [-0.15, -0.1) is 0 Å². The van der Waals surface area contributed by atoms with Gasteiger partial charge in [-0.05, 0) is 37.0 Å². The van der Waals surface area contributed by atoms with Crippen LogP contribution < -0.4 is 10.3 Å². The zero-order valence-electron chi connectivity index (χ0n) is 18.5. The van der Waals surface area contributed by atoms with Crippen molar-refractivity contribution < 1.29 is 23.0 Å². The number of carbonyl (C=O) groups is 1. The molecular weight excluding hydrogens is 504 g/mol. The van der Waals surface area contributed by atoms with Crippen molar-refractivity contribution in [3.63, 3.8) is 0 Å². The van der Waals surface area contributed by atoms with E-state index in [1.165, 1.54) is 17.7 Å². The summed E-state index contributed by atoms with van der Waals surface area (Å²) in [5.74, 6) is -2.44. The van der Waals surface area contributed by atoms with E-state index in [-0.39, 0.29) is 28.9 Å². The highest BCUT2D eigenvalue weighted by molar-refractivity contribution is 7.09. The molecule has 13 heteroatoms. The fraction of sp³-hybridized carbons (Fsp3) is 0.182. The second-order valence-electron chi connectivity index (χ2n) is 7.25. The topological polar surface area (TPSA) is 109 Å². The highest BCUT2D eigenvalue weighted by Gasteiger charge is 2.19. The number of methoxy groups -OCH3 is 1. The summed E-state index contributed by atoms with van der Waals surface area (Å²) in [5, 5.41) is 0.122. The molecule has 35 heavy (non-hydrogen) atoms. The molecule has 0 N–H and O–H groups in total. The van der Waals surface area contributed by atoms with Gasteiger partial charge < -0.3 is 9.47 Å². The highest BCUT2D eigenvalue weighted by atomic mass is 35.5. The fourth-order valence-corrected chi connectivity index (χ4v) is 3.97. The Morgan fingerprint density at radius 1 is 1.17 bits per heavy atom. The van der Waals surface area contributed by atoms with Gasteiger partial charge in [-0.25, -0.2) is 18.6 Å². The number of hydrogen-bond donors (Lipinski definition) is 0. The van der Waals surface area contributed by atoms with E-state index in [1.807, 2.05) is 0 Å². The van der Waals surface area contributed by atoms with Crippen molar-refractivity contribution in [2.45, 2.75) is 20.5 Å². The van der Waals surface area contributed by atoms with Gasteiger partial charge in [0.05, 0.1) is 19.0 Å². The number of hydrogen-bond acceptors (Lipinski definition) is 9. The largest absolute Gasteiger partial charge is 0.485 e. The molecule has 0 atom stereocenters. The van der Waals surface area contributed by atoms with Crippen LogP contribution >= 0.6 is 23.1 Å². The third-order valence-corrected chi connectivity index (χ3v) is 5.96. The Hall–Kier alpha value is -3.77. The Balaban J connectivity index is 1.69. The van der Waals surface area contributed by atoms with Gasteiger partial charge in [0.2, 0.25) is 0 Å². The van der Waals surface area contributed by atoms with Gasteiger partial charge in [0, 0.05) is 24.0 Å². The number of rotatable bonds is 6. The summed E-state index contributed by atoms with van der Waals surface area (Å²) in [6.45, 7) is 3.08. The van der Waals surface area contributed by atoms with E-state index in [1.54, 1.807) is 26.1 Å². The molecule has 9 nitrogen and oxygen atoms in total. The molecule has 0 saturated heterocycles. The Morgan fingerprint density at radius 2 is 1.94 bits per heavy atom. The van der Waals surface area contributed by atoms with Crippen molar-refractivity contribution in [2.75, 3.05) is 7.11 Å². The summed E-state index contributed by atoms with van der Waals surface area (Å²) < 4.78 is 42.4. The molecule has 0 aliphatic carbocycles. The Morgan fingerprint density at radius 3 is 2.66 bits per heavy atom. The van der Waals surface area contributed by atoms with E-state index in [0.717, 1.165) is 17.7 Å². The summed E-state index contributed by atoms with van der Waals surface area (Å²) in [6.07, 6.45) is 2.42. The lowest BCUT2D eigenvalue weighted by atomic mass is 10.2. The zero-order chi connectivity index (χ0) is 25.3. The predicted octanol–water partition coefficient (Wildman–Crippen LogP) is 4.06. The van der Waals surface area contributed by atoms with Gasteiger partial charge in [-0.2, -0.15) is 4.37 Å². The van der Waals surface area contributed by atoms with Crippen molar-refractivity contribution in [3.8, 4) is 22.1 Å². The molecule has 0 aliphatic heterocycles. The number of aryl methyl sites for hydroxylation is 2. The molecule has 180 valence electrons. The Bertz CT molecular complexity index is 1510. The van der Waals surface area contributed by atoms with Crippen LogP contribution in [-0.2, 0) is 11.3 Å². The smallest absolute Gasteiger partial charge is 0.377 e. The molecule has 0 saturated carbocycles. The van der Waals surface area contributed by atoms with Crippen molar-refractivity contribution in [1.29, 1.82) is 0 Å². The van der Waals surface area contributed by atoms with Crippen LogP contribution in [0.5, 0.6) is 5.75 Å². The van der Waals surface area contributed by atoms with E-state index in [4.69, 9.17) is 16.3 Å². The summed E-state index contributed by atoms with van der Waals surface area (Å²) in [5.41, 5.74) is 1.28. The minimum absolute atomic E-state index is 0.0229. The lowest BCUT2D eigenvalue weighted by Crippen LogP contribution is -2.23. The number of pyridine rings is 3. The summed E-state index contributed by atoms with van der Waals surface area (Å²) in [4.78, 5) is 36.9. The second kappa shape index (κ2) is 9.84. The van der Waals surface area contributed by atoms with Gasteiger partial charge in [-0.3, -0.25) is 19.3 Å². The van der Waals surface area contributed by atoms with Crippen molar-refractivity contribution in [2.24, 2.45) is 0 Å². The molecule has 4 aromatic heterocycles. The molecule has 0 amide bonds. The first kappa shape index (κ1) is 24.4. The lowest BCUT2D eigenvalue weighted by Gasteiger charge is -2.16. The molecule has 0 aromatic carbocycles. The first-order valence-electron chi connectivity index (χ1n) is 9.94. The third kappa shape index (κ3) is 4.88. The molecule has 0 bridgehead atoms. The van der Waals surface area contributed by atoms with Gasteiger partial charge in [-0.1, -0.05) is 11.6 Å². The van der Waals surface area contributed by atoms with Crippen molar-refractivity contribution >= 4 is 29.1 Å². The van der Waals surface area contributed by atoms with Crippen LogP contribution in [0.4, 0.5) is 8.78 Å². The molecule has 4 heterocycles. The van der Waals surface area contributed by atoms with Gasteiger partial charge in [0.15, 0.2) is 10.8 Å². The van der Waals surface area contributed by atoms with Crippen LogP contribution in [0.15, 0.2) is 35.4 Å². The Labute approximate surface area is 206 Å². The van der Waals surface area contributed by atoms with Crippen LogP contribution in [0.2, 0.25) is 5.02 Å². The molecule has 0 spiro atoms. The van der Waals surface area contributed by atoms with Gasteiger partial charge >= 0.3 is 5.97 Å². The van der Waals surface area contributed by atoms with Crippen LogP contribution in [0, 0.1) is 25.5 Å². The van der Waals surface area contributed by atoms with Crippen molar-refractivity contribution in [1.82, 2.24) is 23.9 Å². The molecule has 0 unspecified atom stereocenters. The maximum atomic E-state index is 13.9. The number of carbonyl (C=O) groups excluding carboxylic acids is 1. The second-order valence-corrected chi connectivity index (χ2v) is 8.38. The maximum Gasteiger partial charge on any atom is 0.377 e. The van der Waals surface area contributed by atoms with E-state index in [9.17, 15) is 18.4 Å². The average molecular weight is 520 g/mol. The molecule has 4 aromatic rings. The predicted molar refractivity (Wildman–Crippen MR) is 123 cm³/mol. The standard InChI is InChI=1S/C22H16ClF2N5O4S/c1-10-7-26-14(20-28-19(29-35-20)22(32)33-3)6-16(10)30-11(2)4-17(18(23)21(30)31)34-9-15-13(25)5-12(24)8-27-15/h4-8H,9H2,1-3H3. The molecule has 4 rings (SSSR count). The van der Waals surface area contributed by atoms with E-state index >= 15 is 0 Å². The SMILES string of the molecule is COC(=O)c1nsc(-c2cc(-n3c(C)cc(OCc4ncc(F)cc4F)c(Cl)c3=O)c(C)cn2)n1. The first-order chi connectivity index (χ1) is 16.7. The average Bonchev–Trinajstić information content (AvgIpc) is 3.32. The number of aromatic nitrogens is 5. The number of nitrogens with zero attached hydrogens (tertiary/aromatic N) is 5. The number of ether oxygens (including phenoxy) is 2. The minimum Gasteiger partial charge on any atom is -0.485 e. The fourth-order valence-electron chi connectivity index (χ4n) is 3.15. The Kier molecular flexibility index (Phi) is 6.85. The first-order valence-corrected chi connectivity index (χ1v) is 11.1. The normalized spacial score (nSPS) is 10.9. The van der Waals surface area contributed by atoms with E-state index in [0.29, 0.717) is 33.7 Å². The third-order valence-electron chi connectivity index (χ3n) is 4.88.